The fraction of sp³-hybridized carbons (Fsp3) is 0.929. The molecule has 0 unspecified atom stereocenters. The molecule has 0 aromatic heterocycles. The lowest BCUT2D eigenvalue weighted by atomic mass is 9.78. The maximum Gasteiger partial charge on any atom is 0.320 e. The summed E-state index contributed by atoms with van der Waals surface area (Å²) in [5, 5.41) is 0. The van der Waals surface area contributed by atoms with Gasteiger partial charge in [0.25, 0.3) is 0 Å². The Morgan fingerprint density at radius 1 is 0.947 bits per heavy atom. The zero-order chi connectivity index (χ0) is 13.3. The van der Waals surface area contributed by atoms with Gasteiger partial charge in [-0.15, -0.1) is 0 Å². The highest BCUT2D eigenvalue weighted by Gasteiger charge is 2.42. The maximum absolute atomic E-state index is 12.5. The Labute approximate surface area is 115 Å². The average molecular weight is 267 g/mol. The van der Waals surface area contributed by atoms with Crippen LogP contribution in [0.5, 0.6) is 0 Å². The van der Waals surface area contributed by atoms with E-state index in [4.69, 9.17) is 4.74 Å². The normalized spacial score (nSPS) is 28.1. The molecule has 19 heavy (non-hydrogen) atoms. The molecular weight excluding hydrogens is 242 g/mol. The van der Waals surface area contributed by atoms with E-state index in [1.165, 1.54) is 32.4 Å². The predicted molar refractivity (Wildman–Crippen MR) is 73.1 cm³/mol. The van der Waals surface area contributed by atoms with Gasteiger partial charge in [-0.05, 0) is 44.8 Å². The van der Waals surface area contributed by atoms with Gasteiger partial charge >= 0.3 is 6.03 Å². The molecule has 2 amide bonds. The number of carbonyl (C=O) groups is 1. The Balaban J connectivity index is 1.57. The summed E-state index contributed by atoms with van der Waals surface area (Å²) in [5.74, 6) is 0. The van der Waals surface area contributed by atoms with Gasteiger partial charge in [0.15, 0.2) is 0 Å². The van der Waals surface area contributed by atoms with Crippen molar-refractivity contribution < 1.29 is 9.53 Å². The minimum atomic E-state index is 0.235. The number of nitrogens with zero attached hydrogens (tertiary/aromatic N) is 3. The molecule has 0 bridgehead atoms. The fourth-order valence-electron chi connectivity index (χ4n) is 3.55. The summed E-state index contributed by atoms with van der Waals surface area (Å²) in [6.45, 7) is 7.16. The predicted octanol–water partition coefficient (Wildman–Crippen LogP) is 0.856. The van der Waals surface area contributed by atoms with Crippen LogP contribution in [0.15, 0.2) is 0 Å². The van der Waals surface area contributed by atoms with Crippen molar-refractivity contribution in [1.82, 2.24) is 14.7 Å². The SMILES string of the molecule is CN1CCC2(CC1)CCN(C(=O)N1CCOCC1)C2. The summed E-state index contributed by atoms with van der Waals surface area (Å²) in [6.07, 6.45) is 3.68. The molecule has 3 heterocycles. The summed E-state index contributed by atoms with van der Waals surface area (Å²) in [6, 6.07) is 0.235. The third kappa shape index (κ3) is 2.72. The van der Waals surface area contributed by atoms with Crippen LogP contribution in [-0.4, -0.2) is 80.3 Å². The highest BCUT2D eigenvalue weighted by molar-refractivity contribution is 5.75. The molecule has 0 saturated carbocycles. The number of likely N-dealkylation sites (tertiary alicyclic amines) is 2. The Kier molecular flexibility index (Phi) is 3.67. The smallest absolute Gasteiger partial charge is 0.320 e. The van der Waals surface area contributed by atoms with Gasteiger partial charge in [-0.2, -0.15) is 0 Å². The molecule has 0 atom stereocenters. The number of piperidine rings is 1. The topological polar surface area (TPSA) is 36.0 Å². The summed E-state index contributed by atoms with van der Waals surface area (Å²) in [5.41, 5.74) is 0.411. The van der Waals surface area contributed by atoms with Crippen LogP contribution in [0.2, 0.25) is 0 Å². The molecule has 0 aromatic carbocycles. The van der Waals surface area contributed by atoms with Crippen LogP contribution in [0.3, 0.4) is 0 Å². The largest absolute Gasteiger partial charge is 0.378 e. The van der Waals surface area contributed by atoms with E-state index in [0.717, 1.165) is 26.2 Å². The minimum absolute atomic E-state index is 0.235. The Morgan fingerprint density at radius 2 is 1.58 bits per heavy atom. The van der Waals surface area contributed by atoms with Crippen molar-refractivity contribution in [2.24, 2.45) is 5.41 Å². The summed E-state index contributed by atoms with van der Waals surface area (Å²) in [4.78, 5) is 18.9. The third-order valence-corrected chi connectivity index (χ3v) is 5.04. The molecule has 5 nitrogen and oxygen atoms in total. The molecule has 1 spiro atoms. The quantitative estimate of drug-likeness (QED) is 0.653. The second-order valence-electron chi connectivity index (χ2n) is 6.36. The van der Waals surface area contributed by atoms with Gasteiger partial charge < -0.3 is 19.4 Å². The lowest BCUT2D eigenvalue weighted by Gasteiger charge is -2.38. The standard InChI is InChI=1S/C14H25N3O2/c1-15-5-2-14(3-6-15)4-7-17(12-14)13(18)16-8-10-19-11-9-16/h2-12H2,1H3. The lowest BCUT2D eigenvalue weighted by molar-refractivity contribution is 0.0431. The lowest BCUT2D eigenvalue weighted by Crippen LogP contribution is -2.48. The number of hydrogen-bond acceptors (Lipinski definition) is 3. The van der Waals surface area contributed by atoms with Crippen LogP contribution in [0.4, 0.5) is 4.79 Å². The number of hydrogen-bond donors (Lipinski definition) is 0. The van der Waals surface area contributed by atoms with E-state index in [0.29, 0.717) is 18.6 Å². The van der Waals surface area contributed by atoms with Crippen LogP contribution in [-0.2, 0) is 4.74 Å². The fourth-order valence-corrected chi connectivity index (χ4v) is 3.55. The number of amides is 2. The molecular formula is C14H25N3O2. The van der Waals surface area contributed by atoms with Crippen molar-refractivity contribution in [3.63, 3.8) is 0 Å². The molecule has 3 rings (SSSR count). The monoisotopic (exact) mass is 267 g/mol. The molecule has 108 valence electrons. The van der Waals surface area contributed by atoms with Crippen LogP contribution in [0, 0.1) is 5.41 Å². The van der Waals surface area contributed by atoms with Crippen molar-refractivity contribution in [1.29, 1.82) is 0 Å². The van der Waals surface area contributed by atoms with E-state index in [9.17, 15) is 4.79 Å². The molecule has 0 aromatic rings. The molecule has 3 aliphatic rings. The summed E-state index contributed by atoms with van der Waals surface area (Å²) in [7, 11) is 2.19. The highest BCUT2D eigenvalue weighted by atomic mass is 16.5. The number of carbonyl (C=O) groups excluding carboxylic acids is 1. The number of ether oxygens (including phenoxy) is 1. The van der Waals surface area contributed by atoms with E-state index >= 15 is 0 Å². The molecule has 3 saturated heterocycles. The van der Waals surface area contributed by atoms with Gasteiger partial charge in [0.05, 0.1) is 13.2 Å². The van der Waals surface area contributed by atoms with E-state index in [1.54, 1.807) is 0 Å². The Bertz CT molecular complexity index is 334. The Hall–Kier alpha value is -0.810. The Morgan fingerprint density at radius 3 is 2.26 bits per heavy atom. The molecule has 3 aliphatic heterocycles. The van der Waals surface area contributed by atoms with Crippen molar-refractivity contribution in [2.75, 3.05) is 59.5 Å². The van der Waals surface area contributed by atoms with Gasteiger partial charge in [-0.25, -0.2) is 4.79 Å². The molecule has 0 N–H and O–H groups in total. The zero-order valence-electron chi connectivity index (χ0n) is 11.9. The maximum atomic E-state index is 12.5. The van der Waals surface area contributed by atoms with Crippen molar-refractivity contribution in [3.05, 3.63) is 0 Å². The molecule has 5 heteroatoms. The third-order valence-electron chi connectivity index (χ3n) is 5.04. The van der Waals surface area contributed by atoms with E-state index in [-0.39, 0.29) is 6.03 Å². The van der Waals surface area contributed by atoms with Gasteiger partial charge in [-0.3, -0.25) is 0 Å². The van der Waals surface area contributed by atoms with Gasteiger partial charge in [-0.1, -0.05) is 0 Å². The molecule has 0 aliphatic carbocycles. The first kappa shape index (κ1) is 13.2. The number of morpholine rings is 1. The molecule has 0 radical (unpaired) electrons. The van der Waals surface area contributed by atoms with E-state index in [2.05, 4.69) is 16.8 Å². The first-order valence-electron chi connectivity index (χ1n) is 7.49. The van der Waals surface area contributed by atoms with Crippen LogP contribution in [0.1, 0.15) is 19.3 Å². The van der Waals surface area contributed by atoms with E-state index in [1.807, 2.05) is 4.90 Å². The summed E-state index contributed by atoms with van der Waals surface area (Å²) >= 11 is 0. The first-order chi connectivity index (χ1) is 9.19. The van der Waals surface area contributed by atoms with Crippen molar-refractivity contribution >= 4 is 6.03 Å². The van der Waals surface area contributed by atoms with Gasteiger partial charge in [0.1, 0.15) is 0 Å². The van der Waals surface area contributed by atoms with Crippen molar-refractivity contribution in [2.45, 2.75) is 19.3 Å². The second kappa shape index (κ2) is 5.29. The van der Waals surface area contributed by atoms with Crippen LogP contribution >= 0.6 is 0 Å². The van der Waals surface area contributed by atoms with Crippen LogP contribution < -0.4 is 0 Å². The highest BCUT2D eigenvalue weighted by Crippen LogP contribution is 2.40. The van der Waals surface area contributed by atoms with E-state index < -0.39 is 0 Å². The first-order valence-corrected chi connectivity index (χ1v) is 7.49. The average Bonchev–Trinajstić information content (AvgIpc) is 2.87. The zero-order valence-corrected chi connectivity index (χ0v) is 11.9. The van der Waals surface area contributed by atoms with Gasteiger partial charge in [0.2, 0.25) is 0 Å². The van der Waals surface area contributed by atoms with Gasteiger partial charge in [0, 0.05) is 26.2 Å². The van der Waals surface area contributed by atoms with Crippen LogP contribution in [0.25, 0.3) is 0 Å². The minimum Gasteiger partial charge on any atom is -0.378 e. The number of urea groups is 1. The molecule has 3 fully saturated rings. The van der Waals surface area contributed by atoms with Crippen molar-refractivity contribution in [3.8, 4) is 0 Å². The number of rotatable bonds is 0. The summed E-state index contributed by atoms with van der Waals surface area (Å²) < 4.78 is 5.32. The second-order valence-corrected chi connectivity index (χ2v) is 6.36.